The average molecular weight is 444 g/mol. The van der Waals surface area contributed by atoms with Crippen LogP contribution in [0.15, 0.2) is 43.0 Å². The third-order valence-corrected chi connectivity index (χ3v) is 7.57. The molecule has 1 aliphatic carbocycles. The van der Waals surface area contributed by atoms with E-state index in [9.17, 15) is 13.2 Å². The Morgan fingerprint density at radius 2 is 2.03 bits per heavy atom. The molecule has 10 heteroatoms. The van der Waals surface area contributed by atoms with Crippen LogP contribution in [0, 0.1) is 0 Å². The molecule has 3 aromatic rings. The van der Waals surface area contributed by atoms with Crippen LogP contribution in [0.3, 0.4) is 0 Å². The Kier molecular flexibility index (Phi) is 5.78. The number of hydrogen-bond donors (Lipinski definition) is 2. The zero-order chi connectivity index (χ0) is 21.1. The van der Waals surface area contributed by atoms with E-state index in [0.717, 1.165) is 22.4 Å². The first-order valence-electron chi connectivity index (χ1n) is 9.59. The van der Waals surface area contributed by atoms with Gasteiger partial charge in [0.05, 0.1) is 28.1 Å². The lowest BCUT2D eigenvalue weighted by atomic mass is 10.1. The Morgan fingerprint density at radius 3 is 2.80 bits per heavy atom. The third kappa shape index (κ3) is 4.82. The maximum atomic E-state index is 12.5. The summed E-state index contributed by atoms with van der Waals surface area (Å²) in [6.07, 6.45) is 9.03. The highest BCUT2D eigenvalue weighted by molar-refractivity contribution is 7.93. The molecule has 0 atom stereocenters. The number of nitrogens with one attached hydrogen (secondary N) is 2. The number of nitrogens with zero attached hydrogens (tertiary/aromatic N) is 3. The lowest BCUT2D eigenvalue weighted by Crippen LogP contribution is -2.23. The minimum atomic E-state index is -3.34. The van der Waals surface area contributed by atoms with Crippen LogP contribution in [0.25, 0.3) is 10.4 Å². The molecule has 156 valence electrons. The zero-order valence-electron chi connectivity index (χ0n) is 16.3. The van der Waals surface area contributed by atoms with E-state index < -0.39 is 10.0 Å². The standard InChI is InChI=1S/C20H21N5O3S2/c1-2-13-7-14(10-21-9-13)18-12-24-20(29-18)19(26)23-11-16-8-15(5-6-22-16)25-30(27,28)17-3-4-17/h5-10,12,17H,2-4,11H2,1H3,(H,22,25)(H,23,26). The van der Waals surface area contributed by atoms with Gasteiger partial charge in [-0.3, -0.25) is 19.5 Å². The number of rotatable bonds is 8. The molecule has 2 N–H and O–H groups in total. The van der Waals surface area contributed by atoms with Gasteiger partial charge in [-0.05, 0) is 43.0 Å². The normalized spacial score (nSPS) is 13.8. The Hall–Kier alpha value is -2.85. The second-order valence-corrected chi connectivity index (χ2v) is 10.0. The van der Waals surface area contributed by atoms with Gasteiger partial charge in [-0.2, -0.15) is 0 Å². The van der Waals surface area contributed by atoms with Crippen molar-refractivity contribution in [2.75, 3.05) is 4.72 Å². The predicted molar refractivity (Wildman–Crippen MR) is 116 cm³/mol. The highest BCUT2D eigenvalue weighted by Crippen LogP contribution is 2.30. The summed E-state index contributed by atoms with van der Waals surface area (Å²) in [5, 5.41) is 2.82. The van der Waals surface area contributed by atoms with E-state index in [0.29, 0.717) is 29.2 Å². The van der Waals surface area contributed by atoms with Crippen molar-refractivity contribution >= 4 is 33.0 Å². The molecule has 3 aromatic heterocycles. The topological polar surface area (TPSA) is 114 Å². The van der Waals surface area contributed by atoms with Gasteiger partial charge in [0, 0.05) is 30.4 Å². The summed E-state index contributed by atoms with van der Waals surface area (Å²) in [4.78, 5) is 26.0. The maximum Gasteiger partial charge on any atom is 0.280 e. The van der Waals surface area contributed by atoms with E-state index in [1.165, 1.54) is 17.5 Å². The number of amides is 1. The molecule has 1 saturated carbocycles. The molecule has 0 aliphatic heterocycles. The van der Waals surface area contributed by atoms with Gasteiger partial charge in [0.2, 0.25) is 10.0 Å². The van der Waals surface area contributed by atoms with Gasteiger partial charge in [-0.15, -0.1) is 11.3 Å². The van der Waals surface area contributed by atoms with E-state index in [1.807, 2.05) is 12.3 Å². The third-order valence-electron chi connectivity index (χ3n) is 4.66. The van der Waals surface area contributed by atoms with Crippen LogP contribution in [0.2, 0.25) is 0 Å². The molecule has 8 nitrogen and oxygen atoms in total. The second kappa shape index (κ2) is 8.49. The molecule has 3 heterocycles. The van der Waals surface area contributed by atoms with E-state index >= 15 is 0 Å². The summed E-state index contributed by atoms with van der Waals surface area (Å²) in [6.45, 7) is 2.23. The lowest BCUT2D eigenvalue weighted by molar-refractivity contribution is 0.0950. The van der Waals surface area contributed by atoms with Gasteiger partial charge in [-0.1, -0.05) is 6.92 Å². The Morgan fingerprint density at radius 1 is 1.20 bits per heavy atom. The first-order chi connectivity index (χ1) is 14.4. The number of carbonyl (C=O) groups is 1. The highest BCUT2D eigenvalue weighted by atomic mass is 32.2. The summed E-state index contributed by atoms with van der Waals surface area (Å²) in [7, 11) is -3.34. The number of hydrogen-bond acceptors (Lipinski definition) is 7. The second-order valence-electron chi connectivity index (χ2n) is 7.03. The van der Waals surface area contributed by atoms with Crippen LogP contribution < -0.4 is 10.0 Å². The number of aromatic nitrogens is 3. The van der Waals surface area contributed by atoms with Crippen molar-refractivity contribution in [2.45, 2.75) is 38.0 Å². The Bertz CT molecular complexity index is 1170. The molecule has 0 aromatic carbocycles. The van der Waals surface area contributed by atoms with E-state index in [1.54, 1.807) is 24.5 Å². The van der Waals surface area contributed by atoms with Gasteiger partial charge in [0.15, 0.2) is 5.01 Å². The molecular formula is C20H21N5O3S2. The van der Waals surface area contributed by atoms with Crippen molar-refractivity contribution in [1.29, 1.82) is 0 Å². The number of carbonyl (C=O) groups excluding carboxylic acids is 1. The van der Waals surface area contributed by atoms with Crippen molar-refractivity contribution in [3.8, 4) is 10.4 Å². The van der Waals surface area contributed by atoms with Gasteiger partial charge < -0.3 is 5.32 Å². The fourth-order valence-corrected chi connectivity index (χ4v) is 5.03. The van der Waals surface area contributed by atoms with Crippen LogP contribution in [0.5, 0.6) is 0 Å². The molecule has 0 saturated heterocycles. The van der Waals surface area contributed by atoms with Crippen LogP contribution in [-0.4, -0.2) is 34.5 Å². The molecule has 0 unspecified atom stereocenters. The molecule has 30 heavy (non-hydrogen) atoms. The average Bonchev–Trinajstić information content (AvgIpc) is 3.50. The predicted octanol–water partition coefficient (Wildman–Crippen LogP) is 3.00. The number of anilines is 1. The molecule has 1 amide bonds. The van der Waals surface area contributed by atoms with Gasteiger partial charge in [0.25, 0.3) is 5.91 Å². The van der Waals surface area contributed by atoms with Gasteiger partial charge in [-0.25, -0.2) is 13.4 Å². The van der Waals surface area contributed by atoms with Crippen LogP contribution in [0.4, 0.5) is 5.69 Å². The van der Waals surface area contributed by atoms with Gasteiger partial charge in [0.1, 0.15) is 0 Å². The zero-order valence-corrected chi connectivity index (χ0v) is 18.0. The van der Waals surface area contributed by atoms with Crippen molar-refractivity contribution in [3.63, 3.8) is 0 Å². The quantitative estimate of drug-likeness (QED) is 0.553. The SMILES string of the molecule is CCc1cncc(-c2cnc(C(=O)NCc3cc(NS(=O)(=O)C4CC4)ccn3)s2)c1. The van der Waals surface area contributed by atoms with Crippen molar-refractivity contribution in [3.05, 3.63) is 59.3 Å². The van der Waals surface area contributed by atoms with Crippen LogP contribution in [0.1, 0.15) is 40.8 Å². The first-order valence-corrected chi connectivity index (χ1v) is 12.0. The molecule has 1 fully saturated rings. The number of sulfonamides is 1. The fraction of sp³-hybridized carbons (Fsp3) is 0.300. The van der Waals surface area contributed by atoms with Crippen LogP contribution >= 0.6 is 11.3 Å². The fourth-order valence-electron chi connectivity index (χ4n) is 2.84. The molecule has 0 radical (unpaired) electrons. The molecule has 4 rings (SSSR count). The summed E-state index contributed by atoms with van der Waals surface area (Å²) in [6, 6.07) is 5.26. The summed E-state index contributed by atoms with van der Waals surface area (Å²) >= 11 is 1.29. The first kappa shape index (κ1) is 20.4. The number of thiazole rings is 1. The lowest BCUT2D eigenvalue weighted by Gasteiger charge is -2.08. The molecule has 0 spiro atoms. The number of aryl methyl sites for hydroxylation is 1. The minimum absolute atomic E-state index is 0.166. The minimum Gasteiger partial charge on any atom is -0.344 e. The van der Waals surface area contributed by atoms with Crippen LogP contribution in [-0.2, 0) is 23.0 Å². The summed E-state index contributed by atoms with van der Waals surface area (Å²) in [5.74, 6) is -0.309. The smallest absolute Gasteiger partial charge is 0.280 e. The monoisotopic (exact) mass is 443 g/mol. The summed E-state index contributed by atoms with van der Waals surface area (Å²) < 4.78 is 26.7. The molecule has 1 aliphatic rings. The van der Waals surface area contributed by atoms with E-state index in [2.05, 4.69) is 31.9 Å². The van der Waals surface area contributed by atoms with Gasteiger partial charge >= 0.3 is 0 Å². The Labute approximate surface area is 178 Å². The molecular weight excluding hydrogens is 422 g/mol. The largest absolute Gasteiger partial charge is 0.344 e. The highest BCUT2D eigenvalue weighted by Gasteiger charge is 2.35. The summed E-state index contributed by atoms with van der Waals surface area (Å²) in [5.41, 5.74) is 3.05. The molecule has 0 bridgehead atoms. The van der Waals surface area contributed by atoms with Crippen molar-refractivity contribution < 1.29 is 13.2 Å². The van der Waals surface area contributed by atoms with E-state index in [-0.39, 0.29) is 17.7 Å². The van der Waals surface area contributed by atoms with E-state index in [4.69, 9.17) is 0 Å². The van der Waals surface area contributed by atoms with Crippen molar-refractivity contribution in [2.24, 2.45) is 0 Å². The number of pyridine rings is 2. The maximum absolute atomic E-state index is 12.5. The van der Waals surface area contributed by atoms with Crippen molar-refractivity contribution in [1.82, 2.24) is 20.3 Å². The Balaban J connectivity index is 1.39.